The summed E-state index contributed by atoms with van der Waals surface area (Å²) in [5.74, 6) is -0.874. The molecule has 2 aromatic rings. The molecule has 3 rings (SSSR count). The van der Waals surface area contributed by atoms with E-state index in [4.69, 9.17) is 18.6 Å². The van der Waals surface area contributed by atoms with Crippen LogP contribution in [0.4, 0.5) is 0 Å². The van der Waals surface area contributed by atoms with Gasteiger partial charge in [0.05, 0.1) is 38.7 Å². The fourth-order valence-corrected chi connectivity index (χ4v) is 3.22. The third kappa shape index (κ3) is 3.34. The second-order valence-electron chi connectivity index (χ2n) is 6.07. The molecule has 0 fully saturated rings. The fourth-order valence-electron chi connectivity index (χ4n) is 3.22. The Labute approximate surface area is 161 Å². The van der Waals surface area contributed by atoms with E-state index in [1.807, 2.05) is 0 Å². The van der Waals surface area contributed by atoms with Crippen LogP contribution < -0.4 is 9.47 Å². The smallest absolute Gasteiger partial charge is 0.290 e. The minimum absolute atomic E-state index is 0.0230. The van der Waals surface area contributed by atoms with Crippen LogP contribution in [-0.2, 0) is 9.53 Å². The second kappa shape index (κ2) is 8.18. The highest BCUT2D eigenvalue weighted by molar-refractivity contribution is 6.15. The molecular weight excluding hydrogens is 366 g/mol. The Hall–Kier alpha value is -3.26. The molecule has 1 atom stereocenters. The van der Waals surface area contributed by atoms with Gasteiger partial charge in [0.2, 0.25) is 5.78 Å². The van der Waals surface area contributed by atoms with Crippen LogP contribution in [0.25, 0.3) is 0 Å². The number of aliphatic hydroxyl groups is 1. The van der Waals surface area contributed by atoms with E-state index in [9.17, 15) is 14.7 Å². The van der Waals surface area contributed by atoms with E-state index >= 15 is 0 Å². The molecule has 1 amide bonds. The van der Waals surface area contributed by atoms with Crippen molar-refractivity contribution in [1.82, 2.24) is 4.90 Å². The lowest BCUT2D eigenvalue weighted by Gasteiger charge is -2.27. The Morgan fingerprint density at radius 1 is 1.21 bits per heavy atom. The van der Waals surface area contributed by atoms with Gasteiger partial charge in [0, 0.05) is 19.2 Å². The van der Waals surface area contributed by atoms with Crippen molar-refractivity contribution >= 4 is 11.7 Å². The minimum Gasteiger partial charge on any atom is -0.503 e. The Morgan fingerprint density at radius 3 is 2.61 bits per heavy atom. The minimum atomic E-state index is -0.884. The molecule has 1 aliphatic heterocycles. The van der Waals surface area contributed by atoms with E-state index in [1.165, 1.54) is 38.6 Å². The summed E-state index contributed by atoms with van der Waals surface area (Å²) >= 11 is 0. The number of carbonyl (C=O) groups is 2. The molecule has 0 bridgehead atoms. The van der Waals surface area contributed by atoms with Gasteiger partial charge in [0.25, 0.3) is 5.91 Å². The molecule has 0 unspecified atom stereocenters. The van der Waals surface area contributed by atoms with Gasteiger partial charge in [-0.25, -0.2) is 0 Å². The monoisotopic (exact) mass is 387 g/mol. The van der Waals surface area contributed by atoms with Crippen molar-refractivity contribution in [3.8, 4) is 11.5 Å². The molecule has 1 aromatic heterocycles. The number of benzene rings is 1. The lowest BCUT2D eigenvalue weighted by atomic mass is 9.94. The molecule has 28 heavy (non-hydrogen) atoms. The number of amides is 1. The van der Waals surface area contributed by atoms with Crippen molar-refractivity contribution in [3.63, 3.8) is 0 Å². The number of methoxy groups -OCH3 is 3. The molecule has 0 radical (unpaired) electrons. The van der Waals surface area contributed by atoms with Crippen LogP contribution >= 0.6 is 0 Å². The summed E-state index contributed by atoms with van der Waals surface area (Å²) in [6, 6.07) is 7.21. The zero-order valence-corrected chi connectivity index (χ0v) is 15.8. The first-order chi connectivity index (χ1) is 13.5. The molecule has 8 nitrogen and oxygen atoms in total. The van der Waals surface area contributed by atoms with Crippen LogP contribution in [0.1, 0.15) is 22.2 Å². The lowest BCUT2D eigenvalue weighted by molar-refractivity contribution is -0.130. The van der Waals surface area contributed by atoms with E-state index in [2.05, 4.69) is 0 Å². The summed E-state index contributed by atoms with van der Waals surface area (Å²) in [4.78, 5) is 27.1. The van der Waals surface area contributed by atoms with E-state index < -0.39 is 23.5 Å². The molecule has 0 saturated carbocycles. The van der Waals surface area contributed by atoms with Crippen molar-refractivity contribution in [2.24, 2.45) is 0 Å². The number of hydrogen-bond acceptors (Lipinski definition) is 7. The Balaban J connectivity index is 2.16. The van der Waals surface area contributed by atoms with Crippen molar-refractivity contribution in [1.29, 1.82) is 0 Å². The van der Waals surface area contributed by atoms with Crippen LogP contribution in [0, 0.1) is 0 Å². The zero-order chi connectivity index (χ0) is 20.3. The van der Waals surface area contributed by atoms with E-state index in [0.717, 1.165) is 0 Å². The molecule has 0 saturated heterocycles. The largest absolute Gasteiger partial charge is 0.503 e. The van der Waals surface area contributed by atoms with E-state index in [1.54, 1.807) is 24.3 Å². The average Bonchev–Trinajstić information content (AvgIpc) is 3.33. The predicted octanol–water partition coefficient (Wildman–Crippen LogP) is 2.52. The Bertz CT molecular complexity index is 901. The number of nitrogens with zero attached hydrogens (tertiary/aromatic N) is 1. The van der Waals surface area contributed by atoms with Crippen LogP contribution in [0.3, 0.4) is 0 Å². The highest BCUT2D eigenvalue weighted by Gasteiger charge is 2.45. The van der Waals surface area contributed by atoms with Crippen LogP contribution in [-0.4, -0.2) is 56.2 Å². The third-order valence-corrected chi connectivity index (χ3v) is 4.56. The molecule has 2 heterocycles. The first-order valence-corrected chi connectivity index (χ1v) is 8.56. The number of rotatable bonds is 8. The van der Waals surface area contributed by atoms with Gasteiger partial charge in [-0.15, -0.1) is 0 Å². The number of aliphatic hydroxyl groups excluding tert-OH is 1. The number of hydrogen-bond donors (Lipinski definition) is 1. The number of ketones is 1. The Morgan fingerprint density at radius 2 is 2.00 bits per heavy atom. The number of carbonyl (C=O) groups excluding carboxylic acids is 2. The second-order valence-corrected chi connectivity index (χ2v) is 6.07. The molecule has 1 aliphatic rings. The van der Waals surface area contributed by atoms with Crippen LogP contribution in [0.2, 0.25) is 0 Å². The summed E-state index contributed by atoms with van der Waals surface area (Å²) < 4.78 is 21.0. The van der Waals surface area contributed by atoms with E-state index in [-0.39, 0.29) is 24.5 Å². The fraction of sp³-hybridized carbons (Fsp3) is 0.300. The molecule has 0 aliphatic carbocycles. The molecule has 1 aromatic carbocycles. The number of ether oxygens (including phenoxy) is 3. The molecular formula is C20H21NO7. The summed E-state index contributed by atoms with van der Waals surface area (Å²) in [5.41, 5.74) is 0.424. The number of Topliss-reactive ketones (excluding diaryl/α,β-unsaturated/α-hetero) is 1. The van der Waals surface area contributed by atoms with Crippen molar-refractivity contribution in [3.05, 3.63) is 59.3 Å². The van der Waals surface area contributed by atoms with Crippen LogP contribution in [0.5, 0.6) is 11.5 Å². The van der Waals surface area contributed by atoms with Crippen molar-refractivity contribution in [2.75, 3.05) is 34.5 Å². The highest BCUT2D eigenvalue weighted by Crippen LogP contribution is 2.43. The number of furan rings is 1. The molecule has 0 spiro atoms. The highest BCUT2D eigenvalue weighted by atomic mass is 16.5. The average molecular weight is 387 g/mol. The van der Waals surface area contributed by atoms with Gasteiger partial charge in [-0.1, -0.05) is 0 Å². The lowest BCUT2D eigenvalue weighted by Crippen LogP contribution is -2.34. The van der Waals surface area contributed by atoms with Crippen molar-refractivity contribution < 1.29 is 33.3 Å². The molecule has 1 N–H and O–H groups in total. The maximum atomic E-state index is 13.0. The van der Waals surface area contributed by atoms with Crippen molar-refractivity contribution in [2.45, 2.75) is 6.04 Å². The molecule has 8 heteroatoms. The van der Waals surface area contributed by atoms with E-state index in [0.29, 0.717) is 17.1 Å². The molecule has 148 valence electrons. The predicted molar refractivity (Wildman–Crippen MR) is 98.6 cm³/mol. The normalized spacial score (nSPS) is 16.6. The van der Waals surface area contributed by atoms with Gasteiger partial charge < -0.3 is 28.6 Å². The zero-order valence-electron chi connectivity index (χ0n) is 15.8. The summed E-state index contributed by atoms with van der Waals surface area (Å²) in [5, 5.41) is 10.5. The maximum Gasteiger partial charge on any atom is 0.290 e. The maximum absolute atomic E-state index is 13.0. The topological polar surface area (TPSA) is 98.4 Å². The summed E-state index contributed by atoms with van der Waals surface area (Å²) in [6.07, 6.45) is 1.35. The van der Waals surface area contributed by atoms with Gasteiger partial charge in [0.1, 0.15) is 11.5 Å². The first kappa shape index (κ1) is 19.5. The van der Waals surface area contributed by atoms with Gasteiger partial charge in [0.15, 0.2) is 11.5 Å². The first-order valence-electron chi connectivity index (χ1n) is 8.56. The van der Waals surface area contributed by atoms with Gasteiger partial charge in [-0.2, -0.15) is 0 Å². The quantitative estimate of drug-likeness (QED) is 0.695. The standard InChI is InChI=1S/C20H21NO7/c1-25-10-8-21-17(13-11-12(26-2)6-7-14(13)27-3)16(19(23)20(21)24)18(22)15-5-4-9-28-15/h4-7,9,11,17,23H,8,10H2,1-3H3/t17-/m0/s1. The summed E-state index contributed by atoms with van der Waals surface area (Å²) in [6.45, 7) is 0.392. The third-order valence-electron chi connectivity index (χ3n) is 4.56. The van der Waals surface area contributed by atoms with Gasteiger partial charge in [-0.3, -0.25) is 9.59 Å². The van der Waals surface area contributed by atoms with Crippen LogP contribution in [0.15, 0.2) is 52.3 Å². The summed E-state index contributed by atoms with van der Waals surface area (Å²) in [7, 11) is 4.50. The Kier molecular flexibility index (Phi) is 5.70. The van der Waals surface area contributed by atoms with Gasteiger partial charge in [-0.05, 0) is 30.3 Å². The van der Waals surface area contributed by atoms with Gasteiger partial charge >= 0.3 is 0 Å². The SMILES string of the molecule is COCCN1C(=O)C(O)=C(C(=O)c2ccco2)[C@@H]1c1cc(OC)ccc1OC.